The maximum atomic E-state index is 14.5. The van der Waals surface area contributed by atoms with Crippen LogP contribution in [0.1, 0.15) is 123 Å². The summed E-state index contributed by atoms with van der Waals surface area (Å²) in [5.74, 6) is -16.6. The third kappa shape index (κ3) is 39.0. The number of thioether (sulfide) groups is 1. The molecule has 0 saturated carbocycles. The monoisotopic (exact) mass is 1540 g/mol. The smallest absolute Gasteiger partial charge is 0.326 e. The number of amides is 14. The zero-order chi connectivity index (χ0) is 80.2. The van der Waals surface area contributed by atoms with Gasteiger partial charge in [-0.1, -0.05) is 44.2 Å². The van der Waals surface area contributed by atoms with Gasteiger partial charge in [-0.2, -0.15) is 24.4 Å². The first kappa shape index (κ1) is 93.7. The first-order chi connectivity index (χ1) is 49.9. The van der Waals surface area contributed by atoms with E-state index in [9.17, 15) is 77.0 Å². The minimum Gasteiger partial charge on any atom is -0.480 e. The topological polar surface area (TPSA) is 732 Å². The van der Waals surface area contributed by atoms with E-state index in [1.165, 1.54) is 18.7 Å². The highest BCUT2D eigenvalue weighted by Gasteiger charge is 2.37. The number of benzene rings is 1. The summed E-state index contributed by atoms with van der Waals surface area (Å²) in [5.41, 5.74) is 61.6. The molecule has 0 aliphatic heterocycles. The summed E-state index contributed by atoms with van der Waals surface area (Å²) in [6.45, 7) is 4.42. The number of nitrogens with one attached hydrogen (secondary N) is 11. The Morgan fingerprint density at radius 2 is 0.783 bits per heavy atom. The van der Waals surface area contributed by atoms with E-state index >= 15 is 0 Å². The lowest BCUT2D eigenvalue weighted by Crippen LogP contribution is -2.61. The number of hydrogen-bond acceptors (Lipinski definition) is 22. The van der Waals surface area contributed by atoms with Crippen molar-refractivity contribution < 1.29 is 77.0 Å². The van der Waals surface area contributed by atoms with Gasteiger partial charge in [0.05, 0.1) is 12.5 Å². The molecule has 0 heterocycles. The Balaban J connectivity index is 3.72. The number of carboxylic acid groups (broad SMARTS) is 1. The molecular formula is C63H109N25O16S2. The van der Waals surface area contributed by atoms with Gasteiger partial charge in [-0.15, -0.1) is 0 Å². The molecule has 12 atom stereocenters. The van der Waals surface area contributed by atoms with Crippen molar-refractivity contribution in [3.63, 3.8) is 0 Å². The van der Waals surface area contributed by atoms with Gasteiger partial charge in [-0.05, 0) is 114 Å². The van der Waals surface area contributed by atoms with Gasteiger partial charge in [0.2, 0.25) is 82.7 Å². The molecule has 0 saturated heterocycles. The fourth-order valence-corrected chi connectivity index (χ4v) is 10.5. The van der Waals surface area contributed by atoms with E-state index in [0.29, 0.717) is 12.0 Å². The second-order valence-corrected chi connectivity index (χ2v) is 26.3. The number of rotatable bonds is 54. The molecule has 106 heavy (non-hydrogen) atoms. The number of nitrogens with zero attached hydrogens (tertiary/aromatic N) is 3. The Morgan fingerprint density at radius 1 is 0.425 bits per heavy atom. The van der Waals surface area contributed by atoms with E-state index in [4.69, 9.17) is 63.1 Å². The summed E-state index contributed by atoms with van der Waals surface area (Å²) in [6, 6.07) is -9.65. The van der Waals surface area contributed by atoms with Gasteiger partial charge in [0, 0.05) is 44.6 Å². The van der Waals surface area contributed by atoms with Crippen molar-refractivity contribution in [2.45, 2.75) is 196 Å². The number of thiol groups is 1. The van der Waals surface area contributed by atoms with Crippen LogP contribution in [0.25, 0.3) is 0 Å². The van der Waals surface area contributed by atoms with Crippen molar-refractivity contribution >= 4 is 131 Å². The van der Waals surface area contributed by atoms with Crippen molar-refractivity contribution in [3.8, 4) is 0 Å². The van der Waals surface area contributed by atoms with Gasteiger partial charge in [-0.3, -0.25) is 82.1 Å². The van der Waals surface area contributed by atoms with Crippen LogP contribution < -0.4 is 122 Å². The number of carbonyl (C=O) groups is 15. The quantitative estimate of drug-likeness (QED) is 0.0125. The third-order valence-electron chi connectivity index (χ3n) is 15.7. The van der Waals surface area contributed by atoms with Crippen LogP contribution >= 0.6 is 24.4 Å². The van der Waals surface area contributed by atoms with Crippen LogP contribution in [0, 0.1) is 5.92 Å². The van der Waals surface area contributed by atoms with Crippen molar-refractivity contribution in [1.82, 2.24) is 58.5 Å². The summed E-state index contributed by atoms with van der Waals surface area (Å²) in [5, 5.41) is 37.3. The van der Waals surface area contributed by atoms with Crippen LogP contribution in [0.2, 0.25) is 0 Å². The number of guanidine groups is 3. The number of carbonyl (C=O) groups excluding carboxylic acids is 14. The zero-order valence-electron chi connectivity index (χ0n) is 60.1. The number of unbranched alkanes of at least 4 members (excludes halogenated alkanes) is 1. The molecule has 14 amide bonds. The minimum atomic E-state index is -1.91. The summed E-state index contributed by atoms with van der Waals surface area (Å²) in [7, 11) is 0. The van der Waals surface area contributed by atoms with Gasteiger partial charge >= 0.3 is 5.97 Å². The average Bonchev–Trinajstić information content (AvgIpc) is 0.868. The van der Waals surface area contributed by atoms with Gasteiger partial charge < -0.3 is 127 Å². The molecule has 0 spiro atoms. The third-order valence-corrected chi connectivity index (χ3v) is 16.7. The number of nitrogens with two attached hydrogens (primary N) is 11. The highest BCUT2D eigenvalue weighted by atomic mass is 32.2. The lowest BCUT2D eigenvalue weighted by atomic mass is 10.0. The minimum absolute atomic E-state index is 0.0415. The zero-order valence-corrected chi connectivity index (χ0v) is 61.8. The predicted octanol–water partition coefficient (Wildman–Crippen LogP) is -8.97. The van der Waals surface area contributed by atoms with Crippen LogP contribution in [0.15, 0.2) is 45.3 Å². The molecule has 1 rings (SSSR count). The molecule has 1 aromatic rings. The standard InChI is InChI=1S/C63H109N25O16S2/c1-32(2)48(59(102)85-42(60(103)104)18-12-27-77-63(73)74)88-56(99)36(15-8-9-24-64)80-52(95)37(16-10-25-75-61(69)70)82-55(98)41(23-28-106-4)84-58(101)44(30-47(68)91)87-53(96)38(17-11-26-76-62(71)72)81-54(97)40(20-22-46(67)90)79-49(92)33(3)78-51(94)39(19-21-45(66)89)83-57(100)43(86-50(93)35(65)31-105)29-34-13-6-5-7-14-34/h5-7,13-14,32-33,35-44,48,105H,8-12,15-31,64-65H2,1-4H3,(H2,66,89)(H2,67,90)(H2,68,91)(H,78,94)(H,79,92)(H,80,95)(H,81,97)(H,82,98)(H,83,100)(H,84,101)(H,85,102)(H,86,93)(H,87,96)(H,88,99)(H,103,104)(H4,69,70,75)(H4,71,72,76)(H4,73,74,77)/t33-,35-,36-,37-,38-,39-,40-,41-,42-,43-,44-,48-/m0/s1. The lowest BCUT2D eigenvalue weighted by molar-refractivity contribution is -0.143. The summed E-state index contributed by atoms with van der Waals surface area (Å²) >= 11 is 5.29. The second kappa shape index (κ2) is 51.0. The maximum Gasteiger partial charge on any atom is 0.326 e. The van der Waals surface area contributed by atoms with Crippen LogP contribution in [-0.2, 0) is 78.3 Å². The molecule has 0 fully saturated rings. The molecule has 0 unspecified atom stereocenters. The Bertz CT molecular complexity index is 3200. The van der Waals surface area contributed by atoms with Gasteiger partial charge in [0.1, 0.15) is 66.5 Å². The molecule has 34 N–H and O–H groups in total. The van der Waals surface area contributed by atoms with Crippen LogP contribution in [-0.4, -0.2) is 228 Å². The van der Waals surface area contributed by atoms with Crippen LogP contribution in [0.4, 0.5) is 0 Å². The van der Waals surface area contributed by atoms with E-state index in [2.05, 4.69) is 86.1 Å². The normalized spacial score (nSPS) is 14.3. The first-order valence-electron chi connectivity index (χ1n) is 34.1. The van der Waals surface area contributed by atoms with E-state index in [1.807, 2.05) is 0 Å². The molecule has 41 nitrogen and oxygen atoms in total. The average molecular weight is 1540 g/mol. The molecule has 0 aliphatic rings. The van der Waals surface area contributed by atoms with Crippen molar-refractivity contribution in [2.75, 3.05) is 43.9 Å². The number of primary amides is 3. The first-order valence-corrected chi connectivity index (χ1v) is 36.1. The molecule has 0 bridgehead atoms. The summed E-state index contributed by atoms with van der Waals surface area (Å²) < 4.78 is 0. The fourth-order valence-electron chi connectivity index (χ4n) is 9.87. The van der Waals surface area contributed by atoms with Gasteiger partial charge in [-0.25, -0.2) is 4.79 Å². The molecular weight excluding hydrogens is 1430 g/mol. The molecule has 0 radical (unpaired) electrons. The van der Waals surface area contributed by atoms with E-state index in [-0.39, 0.29) is 120 Å². The Hall–Kier alpha value is -10.3. The van der Waals surface area contributed by atoms with Gasteiger partial charge in [0.25, 0.3) is 0 Å². The number of carboxylic acids is 1. The number of aliphatic imine (C=N–C) groups is 3. The van der Waals surface area contributed by atoms with Crippen molar-refractivity contribution in [3.05, 3.63) is 35.9 Å². The number of aliphatic carboxylic acids is 1. The van der Waals surface area contributed by atoms with E-state index in [0.717, 1.165) is 0 Å². The Labute approximate surface area is 623 Å². The Kier molecular flexibility index (Phi) is 45.1. The number of hydrogen-bond donors (Lipinski definition) is 24. The largest absolute Gasteiger partial charge is 0.480 e. The Morgan fingerprint density at radius 3 is 1.18 bits per heavy atom. The maximum absolute atomic E-state index is 14.5. The molecule has 594 valence electrons. The predicted molar refractivity (Wildman–Crippen MR) is 398 cm³/mol. The van der Waals surface area contributed by atoms with Crippen molar-refractivity contribution in [2.24, 2.45) is 84.0 Å². The molecule has 0 aliphatic carbocycles. The summed E-state index contributed by atoms with van der Waals surface area (Å²) in [4.78, 5) is 215. The van der Waals surface area contributed by atoms with Gasteiger partial charge in [0.15, 0.2) is 17.9 Å². The molecule has 43 heteroatoms. The van der Waals surface area contributed by atoms with Crippen molar-refractivity contribution in [1.29, 1.82) is 0 Å². The summed E-state index contributed by atoms with van der Waals surface area (Å²) in [6.07, 6.45) is -1.24. The molecule has 0 aromatic heterocycles. The van der Waals surface area contributed by atoms with E-state index in [1.54, 1.807) is 50.4 Å². The van der Waals surface area contributed by atoms with Crippen LogP contribution in [0.5, 0.6) is 0 Å². The van der Waals surface area contributed by atoms with Crippen LogP contribution in [0.3, 0.4) is 0 Å². The molecule has 1 aromatic carbocycles. The lowest BCUT2D eigenvalue weighted by Gasteiger charge is -2.28. The second-order valence-electron chi connectivity index (χ2n) is 24.9. The SMILES string of the molecule is CSCC[C@H](NC(=O)[C@H](CC(N)=O)NC(=O)[C@H](CCCN=C(N)N)NC(=O)[C@H](CCC(N)=O)NC(=O)[C@H](C)NC(=O)[C@H](CCC(N)=O)NC(=O)[C@H](Cc1ccccc1)NC(=O)[C@@H](N)CS)C(=O)N[C@@H](CCCN=C(N)N)C(=O)N[C@@H](CCCCN)C(=O)N[C@H](C(=O)N[C@@H](CCCN=C(N)N)C(=O)O)C(C)C. The fraction of sp³-hybridized carbons (Fsp3) is 0.619. The van der Waals surface area contributed by atoms with E-state index < -0.39 is 199 Å². The highest BCUT2D eigenvalue weighted by Crippen LogP contribution is 2.14. The highest BCUT2D eigenvalue weighted by molar-refractivity contribution is 7.98.